The number of amides is 2. The van der Waals surface area contributed by atoms with Crippen molar-refractivity contribution >= 4 is 23.2 Å². The molecule has 0 saturated carbocycles. The highest BCUT2D eigenvalue weighted by Crippen LogP contribution is 2.42. The third-order valence-corrected chi connectivity index (χ3v) is 4.59. The highest BCUT2D eigenvalue weighted by Gasteiger charge is 2.34. The average Bonchev–Trinajstić information content (AvgIpc) is 3.02. The van der Waals surface area contributed by atoms with Gasteiger partial charge in [0.05, 0.1) is 23.5 Å². The second-order valence-corrected chi connectivity index (χ2v) is 6.70. The van der Waals surface area contributed by atoms with Crippen molar-refractivity contribution in [3.8, 4) is 5.75 Å². The van der Waals surface area contributed by atoms with Gasteiger partial charge in [-0.15, -0.1) is 0 Å². The average molecular weight is 391 g/mol. The number of hydrogen-bond donors (Lipinski definition) is 2. The minimum absolute atomic E-state index is 0.0191. The molecule has 0 saturated heterocycles. The number of ether oxygens (including phenoxy) is 1. The summed E-state index contributed by atoms with van der Waals surface area (Å²) in [6.45, 7) is 0.877. The van der Waals surface area contributed by atoms with Crippen LogP contribution in [0.3, 0.4) is 0 Å². The molecule has 0 unspecified atom stereocenters. The number of anilines is 2. The number of halogens is 3. The number of fused-ring (bicyclic) bond motifs is 2. The number of nitrogens with zero attached hydrogens (tertiary/aromatic N) is 1. The Kier molecular flexibility index (Phi) is 4.46. The fourth-order valence-electron chi connectivity index (χ4n) is 3.37. The molecule has 0 bridgehead atoms. The number of carbonyl (C=O) groups is 2. The van der Waals surface area contributed by atoms with Gasteiger partial charge in [0.25, 0.3) is 5.91 Å². The van der Waals surface area contributed by atoms with Crippen LogP contribution >= 0.6 is 0 Å². The van der Waals surface area contributed by atoms with Gasteiger partial charge in [-0.25, -0.2) is 0 Å². The molecule has 2 aliphatic heterocycles. The molecule has 28 heavy (non-hydrogen) atoms. The van der Waals surface area contributed by atoms with E-state index in [1.165, 1.54) is 0 Å². The van der Waals surface area contributed by atoms with Gasteiger partial charge >= 0.3 is 6.18 Å². The third-order valence-electron chi connectivity index (χ3n) is 4.59. The predicted molar refractivity (Wildman–Crippen MR) is 94.8 cm³/mol. The van der Waals surface area contributed by atoms with Crippen molar-refractivity contribution in [3.05, 3.63) is 53.1 Å². The van der Waals surface area contributed by atoms with Crippen LogP contribution in [0.15, 0.2) is 36.4 Å². The number of benzene rings is 2. The zero-order valence-corrected chi connectivity index (χ0v) is 14.6. The van der Waals surface area contributed by atoms with Crippen LogP contribution in [0.5, 0.6) is 5.75 Å². The zero-order chi connectivity index (χ0) is 19.9. The van der Waals surface area contributed by atoms with Crippen LogP contribution in [0, 0.1) is 0 Å². The maximum Gasteiger partial charge on any atom is 0.416 e. The van der Waals surface area contributed by atoms with Crippen molar-refractivity contribution in [2.24, 2.45) is 0 Å². The highest BCUT2D eigenvalue weighted by molar-refractivity contribution is 6.00. The van der Waals surface area contributed by atoms with Crippen LogP contribution in [0.2, 0.25) is 0 Å². The van der Waals surface area contributed by atoms with Gasteiger partial charge in [0.1, 0.15) is 0 Å². The second-order valence-electron chi connectivity index (χ2n) is 6.70. The van der Waals surface area contributed by atoms with Gasteiger partial charge in [0.2, 0.25) is 5.91 Å². The van der Waals surface area contributed by atoms with E-state index < -0.39 is 23.6 Å². The van der Waals surface area contributed by atoms with Crippen molar-refractivity contribution < 1.29 is 27.5 Å². The maximum absolute atomic E-state index is 13.2. The largest absolute Gasteiger partial charge is 0.479 e. The number of hydrogen-bond acceptors (Lipinski definition) is 4. The van der Waals surface area contributed by atoms with E-state index in [2.05, 4.69) is 10.6 Å². The number of nitrogens with one attached hydrogen (secondary N) is 2. The van der Waals surface area contributed by atoms with Crippen molar-refractivity contribution in [1.29, 1.82) is 0 Å². The molecule has 2 aromatic carbocycles. The first-order chi connectivity index (χ1) is 13.3. The van der Waals surface area contributed by atoms with Crippen LogP contribution in [0.1, 0.15) is 16.7 Å². The van der Waals surface area contributed by atoms with Gasteiger partial charge in [-0.3, -0.25) is 14.5 Å². The molecule has 2 heterocycles. The Morgan fingerprint density at radius 1 is 1.18 bits per heavy atom. The van der Waals surface area contributed by atoms with Crippen molar-refractivity contribution in [1.82, 2.24) is 4.90 Å². The summed E-state index contributed by atoms with van der Waals surface area (Å²) in [5.74, 6) is -1.00. The molecule has 2 aliphatic rings. The smallest absolute Gasteiger partial charge is 0.416 e. The fraction of sp³-hybridized carbons (Fsp3) is 0.263. The Morgan fingerprint density at radius 2 is 1.86 bits per heavy atom. The molecule has 146 valence electrons. The molecule has 0 radical (unpaired) electrons. The molecule has 9 heteroatoms. The molecular formula is C19H16F3N3O3. The lowest BCUT2D eigenvalue weighted by atomic mass is 10.1. The highest BCUT2D eigenvalue weighted by atomic mass is 19.4. The summed E-state index contributed by atoms with van der Waals surface area (Å²) in [6.07, 6.45) is -4.63. The quantitative estimate of drug-likeness (QED) is 0.844. The van der Waals surface area contributed by atoms with E-state index in [-0.39, 0.29) is 30.3 Å². The summed E-state index contributed by atoms with van der Waals surface area (Å²) < 4.78 is 44.8. The van der Waals surface area contributed by atoms with E-state index in [4.69, 9.17) is 4.74 Å². The Balaban J connectivity index is 1.53. The monoisotopic (exact) mass is 391 g/mol. The summed E-state index contributed by atoms with van der Waals surface area (Å²) in [7, 11) is 0. The lowest BCUT2D eigenvalue weighted by molar-refractivity contribution is -0.137. The summed E-state index contributed by atoms with van der Waals surface area (Å²) in [6, 6.07) is 9.40. The molecule has 0 aromatic heterocycles. The Morgan fingerprint density at radius 3 is 2.50 bits per heavy atom. The Bertz CT molecular complexity index is 934. The standard InChI is InChI=1S/C19H16F3N3O3/c20-19(21,22)13-5-14(18-15(6-13)24-17(27)10-28-18)23-16(26)9-25-7-11-3-1-2-4-12(11)8-25/h1-6H,7-10H2,(H,23,26)(H,24,27). The van der Waals surface area contributed by atoms with E-state index in [1.54, 1.807) is 0 Å². The minimum Gasteiger partial charge on any atom is -0.479 e. The van der Waals surface area contributed by atoms with E-state index in [0.29, 0.717) is 13.1 Å². The normalized spacial score (nSPS) is 16.0. The SMILES string of the molecule is O=C1COc2c(cc(C(F)(F)F)cc2NC(=O)CN2Cc3ccccc3C2)N1. The van der Waals surface area contributed by atoms with E-state index >= 15 is 0 Å². The van der Waals surface area contributed by atoms with E-state index in [1.807, 2.05) is 29.2 Å². The first-order valence-electron chi connectivity index (χ1n) is 8.56. The van der Waals surface area contributed by atoms with Crippen molar-refractivity contribution in [2.75, 3.05) is 23.8 Å². The van der Waals surface area contributed by atoms with Gasteiger partial charge in [-0.2, -0.15) is 13.2 Å². The molecule has 2 amide bonds. The van der Waals surface area contributed by atoms with Gasteiger partial charge < -0.3 is 15.4 Å². The number of rotatable bonds is 3. The fourth-order valence-corrected chi connectivity index (χ4v) is 3.37. The van der Waals surface area contributed by atoms with Crippen LogP contribution in [0.25, 0.3) is 0 Å². The van der Waals surface area contributed by atoms with Gasteiger partial charge in [-0.05, 0) is 23.3 Å². The molecular weight excluding hydrogens is 375 g/mol. The third kappa shape index (κ3) is 3.65. The topological polar surface area (TPSA) is 70.7 Å². The number of alkyl halides is 3. The summed E-state index contributed by atoms with van der Waals surface area (Å²) in [5.41, 5.74) is 1.03. The van der Waals surface area contributed by atoms with Gasteiger partial charge in [0, 0.05) is 13.1 Å². The lowest BCUT2D eigenvalue weighted by Crippen LogP contribution is -2.31. The minimum atomic E-state index is -4.63. The molecule has 0 fully saturated rings. The van der Waals surface area contributed by atoms with Crippen LogP contribution in [-0.4, -0.2) is 29.9 Å². The molecule has 6 nitrogen and oxygen atoms in total. The molecule has 2 aromatic rings. The summed E-state index contributed by atoms with van der Waals surface area (Å²) >= 11 is 0. The first kappa shape index (κ1) is 18.3. The lowest BCUT2D eigenvalue weighted by Gasteiger charge is -2.23. The zero-order valence-electron chi connectivity index (χ0n) is 14.6. The van der Waals surface area contributed by atoms with Crippen molar-refractivity contribution in [3.63, 3.8) is 0 Å². The predicted octanol–water partition coefficient (Wildman–Crippen LogP) is 2.99. The molecule has 4 rings (SSSR count). The summed E-state index contributed by atoms with van der Waals surface area (Å²) in [4.78, 5) is 25.8. The first-order valence-corrected chi connectivity index (χ1v) is 8.56. The summed E-state index contributed by atoms with van der Waals surface area (Å²) in [5, 5.41) is 4.84. The molecule has 2 N–H and O–H groups in total. The second kappa shape index (κ2) is 6.83. The van der Waals surface area contributed by atoms with Crippen LogP contribution in [0.4, 0.5) is 24.5 Å². The molecule has 0 spiro atoms. The maximum atomic E-state index is 13.2. The Labute approximate surface area is 158 Å². The van der Waals surface area contributed by atoms with Crippen LogP contribution < -0.4 is 15.4 Å². The molecule has 0 aliphatic carbocycles. The molecule has 0 atom stereocenters. The van der Waals surface area contributed by atoms with Crippen LogP contribution in [-0.2, 0) is 28.9 Å². The Hall–Kier alpha value is -3.07. The van der Waals surface area contributed by atoms with E-state index in [9.17, 15) is 22.8 Å². The van der Waals surface area contributed by atoms with E-state index in [0.717, 1.165) is 23.3 Å². The number of carbonyl (C=O) groups excluding carboxylic acids is 2. The van der Waals surface area contributed by atoms with Crippen molar-refractivity contribution in [2.45, 2.75) is 19.3 Å². The van der Waals surface area contributed by atoms with Gasteiger partial charge in [0.15, 0.2) is 12.4 Å². The van der Waals surface area contributed by atoms with Gasteiger partial charge in [-0.1, -0.05) is 24.3 Å².